The molecule has 2 aromatic rings. The van der Waals surface area contributed by atoms with Crippen LogP contribution in [-0.4, -0.2) is 41.0 Å². The number of nitrogens with one attached hydrogen (secondary N) is 1. The highest BCUT2D eigenvalue weighted by atomic mass is 15.2. The molecule has 2 heterocycles. The number of nitrogens with zero attached hydrogens (tertiary/aromatic N) is 3. The van der Waals surface area contributed by atoms with E-state index in [0.29, 0.717) is 5.92 Å². The Morgan fingerprint density at radius 2 is 2.10 bits per heavy atom. The second-order valence-electron chi connectivity index (χ2n) is 5.57. The number of rotatable bonds is 5. The van der Waals surface area contributed by atoms with Gasteiger partial charge in [-0.3, -0.25) is 0 Å². The van der Waals surface area contributed by atoms with E-state index in [-0.39, 0.29) is 0 Å². The van der Waals surface area contributed by atoms with Crippen molar-refractivity contribution < 1.29 is 0 Å². The fourth-order valence-corrected chi connectivity index (χ4v) is 2.99. The highest BCUT2D eigenvalue weighted by Gasteiger charge is 2.20. The number of aromatic nitrogens is 2. The summed E-state index contributed by atoms with van der Waals surface area (Å²) < 4.78 is 0. The molecule has 0 aliphatic carbocycles. The molecule has 0 radical (unpaired) electrons. The van der Waals surface area contributed by atoms with Crippen molar-refractivity contribution in [2.45, 2.75) is 18.8 Å². The van der Waals surface area contributed by atoms with Crippen molar-refractivity contribution >= 4 is 5.82 Å². The lowest BCUT2D eigenvalue weighted by Gasteiger charge is -2.33. The van der Waals surface area contributed by atoms with Crippen LogP contribution < -0.4 is 5.32 Å². The van der Waals surface area contributed by atoms with Crippen LogP contribution in [0.3, 0.4) is 0 Å². The zero-order valence-corrected chi connectivity index (χ0v) is 12.3. The van der Waals surface area contributed by atoms with E-state index < -0.39 is 0 Å². The summed E-state index contributed by atoms with van der Waals surface area (Å²) in [4.78, 5) is 10.7. The van der Waals surface area contributed by atoms with Gasteiger partial charge < -0.3 is 10.2 Å². The number of piperidine rings is 1. The molecule has 21 heavy (non-hydrogen) atoms. The van der Waals surface area contributed by atoms with Crippen LogP contribution in [0.5, 0.6) is 0 Å². The molecule has 1 aromatic heterocycles. The normalized spacial score (nSPS) is 19.3. The average molecular weight is 282 g/mol. The van der Waals surface area contributed by atoms with E-state index in [1.54, 1.807) is 12.5 Å². The molecule has 1 aliphatic rings. The third kappa shape index (κ3) is 4.02. The summed E-state index contributed by atoms with van der Waals surface area (Å²) in [7, 11) is 0. The van der Waals surface area contributed by atoms with E-state index in [1.807, 2.05) is 6.07 Å². The van der Waals surface area contributed by atoms with E-state index in [1.165, 1.54) is 24.9 Å². The molecular formula is C17H22N4. The predicted octanol–water partition coefficient (Wildman–Crippen LogP) is 2.77. The van der Waals surface area contributed by atoms with Crippen molar-refractivity contribution in [3.63, 3.8) is 0 Å². The Morgan fingerprint density at radius 1 is 1.19 bits per heavy atom. The first-order chi connectivity index (χ1) is 10.4. The van der Waals surface area contributed by atoms with Crippen LogP contribution in [-0.2, 0) is 0 Å². The lowest BCUT2D eigenvalue weighted by Crippen LogP contribution is -2.37. The van der Waals surface area contributed by atoms with Gasteiger partial charge in [0.25, 0.3) is 0 Å². The summed E-state index contributed by atoms with van der Waals surface area (Å²) in [5.41, 5.74) is 1.48. The summed E-state index contributed by atoms with van der Waals surface area (Å²) in [5.74, 6) is 1.58. The third-order valence-corrected chi connectivity index (χ3v) is 4.09. The third-order valence-electron chi connectivity index (χ3n) is 4.09. The van der Waals surface area contributed by atoms with Gasteiger partial charge >= 0.3 is 0 Å². The molecule has 3 rings (SSSR count). The molecule has 1 unspecified atom stereocenters. The summed E-state index contributed by atoms with van der Waals surface area (Å²) in [6.45, 7) is 4.36. The first kappa shape index (κ1) is 14.0. The maximum Gasteiger partial charge on any atom is 0.129 e. The van der Waals surface area contributed by atoms with Crippen molar-refractivity contribution in [1.82, 2.24) is 14.9 Å². The summed E-state index contributed by atoms with van der Waals surface area (Å²) in [5, 5.41) is 3.35. The molecule has 1 aromatic carbocycles. The van der Waals surface area contributed by atoms with Crippen LogP contribution in [0.1, 0.15) is 24.3 Å². The quantitative estimate of drug-likeness (QED) is 0.915. The van der Waals surface area contributed by atoms with Crippen molar-refractivity contribution in [3.8, 4) is 0 Å². The highest BCUT2D eigenvalue weighted by molar-refractivity contribution is 5.31. The minimum Gasteiger partial charge on any atom is -0.369 e. The lowest BCUT2D eigenvalue weighted by molar-refractivity contribution is 0.215. The van der Waals surface area contributed by atoms with Gasteiger partial charge in [0.15, 0.2) is 0 Å². The second-order valence-corrected chi connectivity index (χ2v) is 5.57. The lowest BCUT2D eigenvalue weighted by atomic mass is 9.91. The molecule has 0 bridgehead atoms. The van der Waals surface area contributed by atoms with E-state index in [4.69, 9.17) is 0 Å². The Hall–Kier alpha value is -1.94. The van der Waals surface area contributed by atoms with Gasteiger partial charge in [-0.05, 0) is 36.9 Å². The monoisotopic (exact) mass is 282 g/mol. The smallest absolute Gasteiger partial charge is 0.129 e. The molecule has 4 nitrogen and oxygen atoms in total. The maximum atomic E-state index is 4.18. The van der Waals surface area contributed by atoms with E-state index in [9.17, 15) is 0 Å². The van der Waals surface area contributed by atoms with Crippen LogP contribution in [0.15, 0.2) is 48.9 Å². The Balaban J connectivity index is 1.48. The Kier molecular flexibility index (Phi) is 4.79. The van der Waals surface area contributed by atoms with Crippen molar-refractivity contribution in [3.05, 3.63) is 54.5 Å². The zero-order valence-electron chi connectivity index (χ0n) is 12.3. The number of hydrogen-bond donors (Lipinski definition) is 1. The van der Waals surface area contributed by atoms with Gasteiger partial charge in [0.2, 0.25) is 0 Å². The first-order valence-electron chi connectivity index (χ1n) is 7.69. The SMILES string of the molecule is c1ccc(C2CCCN(CCNc3ccncn3)C2)cc1. The molecule has 0 amide bonds. The number of benzene rings is 1. The average Bonchev–Trinajstić information content (AvgIpc) is 2.57. The standard InChI is InChI=1S/C17H22N4/c1-2-5-15(6-3-1)16-7-4-11-21(13-16)12-10-19-17-8-9-18-14-20-17/h1-3,5-6,8-9,14,16H,4,7,10-13H2,(H,18,19,20). The van der Waals surface area contributed by atoms with Crippen LogP contribution in [0.25, 0.3) is 0 Å². The molecule has 0 spiro atoms. The summed E-state index contributed by atoms with van der Waals surface area (Å²) in [6, 6.07) is 12.8. The largest absolute Gasteiger partial charge is 0.369 e. The van der Waals surface area contributed by atoms with Gasteiger partial charge in [0.05, 0.1) is 0 Å². The van der Waals surface area contributed by atoms with Crippen LogP contribution in [0, 0.1) is 0 Å². The number of likely N-dealkylation sites (tertiary alicyclic amines) is 1. The van der Waals surface area contributed by atoms with Gasteiger partial charge in [-0.2, -0.15) is 0 Å². The highest BCUT2D eigenvalue weighted by Crippen LogP contribution is 2.26. The molecular weight excluding hydrogens is 260 g/mol. The molecule has 0 saturated carbocycles. The van der Waals surface area contributed by atoms with Crippen LogP contribution in [0.4, 0.5) is 5.82 Å². The number of anilines is 1. The minimum absolute atomic E-state index is 0.680. The van der Waals surface area contributed by atoms with Gasteiger partial charge in [-0.15, -0.1) is 0 Å². The minimum atomic E-state index is 0.680. The Labute approximate surface area is 126 Å². The summed E-state index contributed by atoms with van der Waals surface area (Å²) >= 11 is 0. The molecule has 1 fully saturated rings. The van der Waals surface area contributed by atoms with E-state index in [0.717, 1.165) is 25.5 Å². The van der Waals surface area contributed by atoms with Gasteiger partial charge in [0.1, 0.15) is 12.1 Å². The summed E-state index contributed by atoms with van der Waals surface area (Å²) in [6.07, 6.45) is 5.93. The first-order valence-corrected chi connectivity index (χ1v) is 7.69. The maximum absolute atomic E-state index is 4.18. The second kappa shape index (κ2) is 7.18. The Bertz CT molecular complexity index is 529. The molecule has 4 heteroatoms. The molecule has 110 valence electrons. The molecule has 1 atom stereocenters. The van der Waals surface area contributed by atoms with Crippen LogP contribution >= 0.6 is 0 Å². The fraction of sp³-hybridized carbons (Fsp3) is 0.412. The number of hydrogen-bond acceptors (Lipinski definition) is 4. The fourth-order valence-electron chi connectivity index (χ4n) is 2.99. The van der Waals surface area contributed by atoms with Crippen molar-refractivity contribution in [2.24, 2.45) is 0 Å². The van der Waals surface area contributed by atoms with Gasteiger partial charge in [-0.25, -0.2) is 9.97 Å². The van der Waals surface area contributed by atoms with Gasteiger partial charge in [-0.1, -0.05) is 30.3 Å². The predicted molar refractivity (Wildman–Crippen MR) is 85.4 cm³/mol. The van der Waals surface area contributed by atoms with Crippen molar-refractivity contribution in [1.29, 1.82) is 0 Å². The van der Waals surface area contributed by atoms with E-state index >= 15 is 0 Å². The molecule has 1 aliphatic heterocycles. The molecule has 1 N–H and O–H groups in total. The topological polar surface area (TPSA) is 41.0 Å². The van der Waals surface area contributed by atoms with Crippen LogP contribution in [0.2, 0.25) is 0 Å². The molecule has 1 saturated heterocycles. The Morgan fingerprint density at radius 3 is 2.90 bits per heavy atom. The van der Waals surface area contributed by atoms with E-state index in [2.05, 4.69) is 50.5 Å². The van der Waals surface area contributed by atoms with Gasteiger partial charge in [0, 0.05) is 25.8 Å². The van der Waals surface area contributed by atoms with Crippen molar-refractivity contribution in [2.75, 3.05) is 31.5 Å². The zero-order chi connectivity index (χ0) is 14.3.